The van der Waals surface area contributed by atoms with Crippen molar-refractivity contribution in [3.8, 4) is 17.1 Å². The van der Waals surface area contributed by atoms with Gasteiger partial charge in [-0.25, -0.2) is 0 Å². The van der Waals surface area contributed by atoms with Crippen LogP contribution in [0.25, 0.3) is 11.3 Å². The quantitative estimate of drug-likeness (QED) is 0.676. The molecular formula is C19H16ClNO3. The molecule has 0 saturated carbocycles. The summed E-state index contributed by atoms with van der Waals surface area (Å²) >= 11 is 6.13. The van der Waals surface area contributed by atoms with Crippen LogP contribution in [0.3, 0.4) is 0 Å². The van der Waals surface area contributed by atoms with E-state index in [9.17, 15) is 4.79 Å². The van der Waals surface area contributed by atoms with Crippen LogP contribution < -0.4 is 10.1 Å². The first-order valence-corrected chi connectivity index (χ1v) is 7.92. The first kappa shape index (κ1) is 16.1. The molecule has 0 radical (unpaired) electrons. The maximum atomic E-state index is 12.1. The van der Waals surface area contributed by atoms with E-state index >= 15 is 0 Å². The second-order valence-corrected chi connectivity index (χ2v) is 5.47. The topological polar surface area (TPSA) is 51.5 Å². The largest absolute Gasteiger partial charge is 0.492 e. The van der Waals surface area contributed by atoms with Crippen molar-refractivity contribution in [2.24, 2.45) is 0 Å². The predicted molar refractivity (Wildman–Crippen MR) is 93.4 cm³/mol. The Kier molecular flexibility index (Phi) is 5.18. The van der Waals surface area contributed by atoms with E-state index in [-0.39, 0.29) is 11.7 Å². The number of nitrogens with one attached hydrogen (secondary N) is 1. The van der Waals surface area contributed by atoms with Crippen LogP contribution in [0.5, 0.6) is 5.75 Å². The van der Waals surface area contributed by atoms with Crippen molar-refractivity contribution < 1.29 is 13.9 Å². The summed E-state index contributed by atoms with van der Waals surface area (Å²) < 4.78 is 11.1. The molecule has 0 unspecified atom stereocenters. The highest BCUT2D eigenvalue weighted by molar-refractivity contribution is 6.33. The SMILES string of the molecule is O=C(NCCOc1ccccc1)c1ccc(-c2ccccc2Cl)o1. The minimum atomic E-state index is -0.287. The average molecular weight is 342 g/mol. The summed E-state index contributed by atoms with van der Waals surface area (Å²) in [4.78, 5) is 12.1. The molecule has 4 nitrogen and oxygen atoms in total. The molecule has 2 aromatic carbocycles. The number of para-hydroxylation sites is 1. The zero-order valence-corrected chi connectivity index (χ0v) is 13.6. The lowest BCUT2D eigenvalue weighted by Crippen LogP contribution is -2.27. The summed E-state index contributed by atoms with van der Waals surface area (Å²) in [6.45, 7) is 0.768. The van der Waals surface area contributed by atoms with Crippen molar-refractivity contribution >= 4 is 17.5 Å². The predicted octanol–water partition coefficient (Wildman–Crippen LogP) is 4.41. The molecule has 122 valence electrons. The molecule has 1 N–H and O–H groups in total. The number of ether oxygens (including phenoxy) is 1. The molecule has 0 aliphatic carbocycles. The van der Waals surface area contributed by atoms with Crippen LogP contribution in [0.15, 0.2) is 71.1 Å². The Bertz CT molecular complexity index is 814. The molecule has 24 heavy (non-hydrogen) atoms. The third kappa shape index (κ3) is 3.97. The minimum Gasteiger partial charge on any atom is -0.492 e. The molecule has 1 aromatic heterocycles. The first-order valence-electron chi connectivity index (χ1n) is 7.55. The van der Waals surface area contributed by atoms with Crippen LogP contribution in [0.1, 0.15) is 10.6 Å². The lowest BCUT2D eigenvalue weighted by molar-refractivity contribution is 0.0920. The number of furan rings is 1. The Morgan fingerprint density at radius 2 is 1.75 bits per heavy atom. The van der Waals surface area contributed by atoms with Crippen LogP contribution in [0, 0.1) is 0 Å². The molecule has 0 atom stereocenters. The van der Waals surface area contributed by atoms with E-state index in [2.05, 4.69) is 5.32 Å². The summed E-state index contributed by atoms with van der Waals surface area (Å²) in [5.74, 6) is 1.28. The van der Waals surface area contributed by atoms with Crippen molar-refractivity contribution in [3.63, 3.8) is 0 Å². The fraction of sp³-hybridized carbons (Fsp3) is 0.105. The van der Waals surface area contributed by atoms with Crippen molar-refractivity contribution in [3.05, 3.63) is 77.5 Å². The second-order valence-electron chi connectivity index (χ2n) is 5.06. The zero-order valence-electron chi connectivity index (χ0n) is 12.9. The van der Waals surface area contributed by atoms with Gasteiger partial charge >= 0.3 is 0 Å². The smallest absolute Gasteiger partial charge is 0.287 e. The Morgan fingerprint density at radius 3 is 2.54 bits per heavy atom. The molecule has 0 fully saturated rings. The Morgan fingerprint density at radius 1 is 1.00 bits per heavy atom. The van der Waals surface area contributed by atoms with E-state index < -0.39 is 0 Å². The van der Waals surface area contributed by atoms with E-state index in [0.717, 1.165) is 11.3 Å². The Labute approximate surface area is 145 Å². The molecule has 5 heteroatoms. The molecule has 1 amide bonds. The number of amides is 1. The molecular weight excluding hydrogens is 326 g/mol. The molecule has 0 saturated heterocycles. The van der Waals surface area contributed by atoms with E-state index in [1.807, 2.05) is 48.5 Å². The number of carbonyl (C=O) groups excluding carboxylic acids is 1. The van der Waals surface area contributed by atoms with Gasteiger partial charge in [0.25, 0.3) is 5.91 Å². The van der Waals surface area contributed by atoms with Gasteiger partial charge in [0.15, 0.2) is 5.76 Å². The van der Waals surface area contributed by atoms with Crippen LogP contribution >= 0.6 is 11.6 Å². The van der Waals surface area contributed by atoms with Gasteiger partial charge in [0.05, 0.1) is 11.6 Å². The van der Waals surface area contributed by atoms with Gasteiger partial charge in [0.2, 0.25) is 0 Å². The summed E-state index contributed by atoms with van der Waals surface area (Å²) in [5.41, 5.74) is 0.755. The van der Waals surface area contributed by atoms with E-state index in [1.54, 1.807) is 18.2 Å². The van der Waals surface area contributed by atoms with Crippen LogP contribution in [0.2, 0.25) is 5.02 Å². The van der Waals surface area contributed by atoms with E-state index in [1.165, 1.54) is 0 Å². The summed E-state index contributed by atoms with van der Waals surface area (Å²) in [7, 11) is 0. The van der Waals surface area contributed by atoms with Gasteiger partial charge in [-0.1, -0.05) is 41.9 Å². The number of carbonyl (C=O) groups is 1. The van der Waals surface area contributed by atoms with Gasteiger partial charge in [0, 0.05) is 5.56 Å². The van der Waals surface area contributed by atoms with Gasteiger partial charge in [-0.2, -0.15) is 0 Å². The minimum absolute atomic E-state index is 0.240. The molecule has 3 aromatic rings. The fourth-order valence-electron chi connectivity index (χ4n) is 2.20. The molecule has 0 aliphatic heterocycles. The van der Waals surface area contributed by atoms with Gasteiger partial charge in [-0.15, -0.1) is 0 Å². The number of halogens is 1. The Hall–Kier alpha value is -2.72. The third-order valence-corrected chi connectivity index (χ3v) is 3.70. The van der Waals surface area contributed by atoms with Crippen LogP contribution in [-0.2, 0) is 0 Å². The number of hydrogen-bond acceptors (Lipinski definition) is 3. The van der Waals surface area contributed by atoms with Crippen molar-refractivity contribution in [2.75, 3.05) is 13.2 Å². The van der Waals surface area contributed by atoms with Crippen molar-refractivity contribution in [1.82, 2.24) is 5.32 Å². The van der Waals surface area contributed by atoms with Gasteiger partial charge < -0.3 is 14.5 Å². The number of rotatable bonds is 6. The molecule has 1 heterocycles. The van der Waals surface area contributed by atoms with E-state index in [0.29, 0.717) is 23.9 Å². The molecule has 0 aliphatic rings. The van der Waals surface area contributed by atoms with Gasteiger partial charge in [0.1, 0.15) is 18.1 Å². The highest BCUT2D eigenvalue weighted by atomic mass is 35.5. The molecule has 0 bridgehead atoms. The monoisotopic (exact) mass is 341 g/mol. The normalized spacial score (nSPS) is 10.4. The lowest BCUT2D eigenvalue weighted by Gasteiger charge is -2.06. The van der Waals surface area contributed by atoms with Gasteiger partial charge in [-0.3, -0.25) is 4.79 Å². The van der Waals surface area contributed by atoms with Gasteiger partial charge in [-0.05, 0) is 36.4 Å². The standard InChI is InChI=1S/C19H16ClNO3/c20-16-9-5-4-8-15(16)17-10-11-18(24-17)19(22)21-12-13-23-14-6-2-1-3-7-14/h1-11H,12-13H2,(H,21,22). The zero-order chi connectivity index (χ0) is 16.8. The molecule has 3 rings (SSSR count). The summed E-state index contributed by atoms with van der Waals surface area (Å²) in [6.07, 6.45) is 0. The maximum Gasteiger partial charge on any atom is 0.287 e. The highest BCUT2D eigenvalue weighted by Gasteiger charge is 2.13. The van der Waals surface area contributed by atoms with Crippen LogP contribution in [-0.4, -0.2) is 19.1 Å². The van der Waals surface area contributed by atoms with E-state index in [4.69, 9.17) is 20.8 Å². The van der Waals surface area contributed by atoms with Crippen LogP contribution in [0.4, 0.5) is 0 Å². The number of hydrogen-bond donors (Lipinski definition) is 1. The summed E-state index contributed by atoms with van der Waals surface area (Å²) in [5, 5.41) is 3.34. The Balaban J connectivity index is 1.54. The maximum absolute atomic E-state index is 12.1. The highest BCUT2D eigenvalue weighted by Crippen LogP contribution is 2.28. The average Bonchev–Trinajstić information content (AvgIpc) is 3.10. The van der Waals surface area contributed by atoms with Crippen molar-refractivity contribution in [2.45, 2.75) is 0 Å². The fourth-order valence-corrected chi connectivity index (χ4v) is 2.43. The second kappa shape index (κ2) is 7.70. The first-order chi connectivity index (χ1) is 11.7. The lowest BCUT2D eigenvalue weighted by atomic mass is 10.2. The molecule has 0 spiro atoms. The third-order valence-electron chi connectivity index (χ3n) is 3.37. The number of benzene rings is 2. The van der Waals surface area contributed by atoms with Crippen molar-refractivity contribution in [1.29, 1.82) is 0 Å². The summed E-state index contributed by atoms with van der Waals surface area (Å²) in [6, 6.07) is 20.1.